The molecule has 1 nitrogen and oxygen atoms in total. The molecule has 4 rings (SSSR count). The Kier molecular flexibility index (Phi) is 0.224. The standard InChI is InChI=1S/C6H9N/c7-6-3-1-2-4(6)5(3)6/h3-5H,1-2,7H2. The molecule has 0 aromatic carbocycles. The fraction of sp³-hybridized carbons (Fsp3) is 1.00. The van der Waals surface area contributed by atoms with E-state index in [2.05, 4.69) is 0 Å². The number of hydrogen-bond donors (Lipinski definition) is 1. The van der Waals surface area contributed by atoms with Crippen LogP contribution in [0.3, 0.4) is 0 Å². The first-order valence-electron chi connectivity index (χ1n) is 3.14. The molecule has 4 saturated carbocycles. The first-order chi connectivity index (χ1) is 3.35. The van der Waals surface area contributed by atoms with Crippen molar-refractivity contribution < 1.29 is 0 Å². The van der Waals surface area contributed by atoms with E-state index in [1.54, 1.807) is 0 Å². The summed E-state index contributed by atoms with van der Waals surface area (Å²) in [5.74, 6) is 3.02. The maximum Gasteiger partial charge on any atom is 0.0253 e. The summed E-state index contributed by atoms with van der Waals surface area (Å²) in [4.78, 5) is 0. The number of fused-ring (bicyclic) bond motifs is 1. The zero-order valence-corrected chi connectivity index (χ0v) is 4.22. The number of nitrogens with two attached hydrogens (primary N) is 1. The van der Waals surface area contributed by atoms with Gasteiger partial charge in [0.1, 0.15) is 0 Å². The molecular weight excluding hydrogens is 86.1 g/mol. The summed E-state index contributed by atoms with van der Waals surface area (Å²) in [5, 5.41) is 0. The third-order valence-corrected chi connectivity index (χ3v) is 3.30. The summed E-state index contributed by atoms with van der Waals surface area (Å²) in [6, 6.07) is 0. The predicted octanol–water partition coefficient (Wildman–Crippen LogP) is 0.353. The molecule has 0 amide bonds. The Labute approximate surface area is 42.9 Å². The van der Waals surface area contributed by atoms with Gasteiger partial charge in [0.25, 0.3) is 0 Å². The molecule has 4 aliphatic carbocycles. The summed E-state index contributed by atoms with van der Waals surface area (Å²) < 4.78 is 0. The van der Waals surface area contributed by atoms with Gasteiger partial charge in [-0.2, -0.15) is 0 Å². The molecular formula is C6H9N. The van der Waals surface area contributed by atoms with Gasteiger partial charge in [-0.05, 0) is 30.6 Å². The lowest BCUT2D eigenvalue weighted by Crippen LogP contribution is -2.16. The van der Waals surface area contributed by atoms with Crippen molar-refractivity contribution in [1.82, 2.24) is 0 Å². The van der Waals surface area contributed by atoms with Gasteiger partial charge >= 0.3 is 0 Å². The smallest absolute Gasteiger partial charge is 0.0253 e. The van der Waals surface area contributed by atoms with Crippen molar-refractivity contribution in [2.45, 2.75) is 18.4 Å². The monoisotopic (exact) mass is 95.1 g/mol. The van der Waals surface area contributed by atoms with Crippen LogP contribution in [0.15, 0.2) is 0 Å². The van der Waals surface area contributed by atoms with Gasteiger partial charge in [0.2, 0.25) is 0 Å². The SMILES string of the molecule is NC12C3CCC1C32. The van der Waals surface area contributed by atoms with Crippen LogP contribution in [-0.4, -0.2) is 5.54 Å². The van der Waals surface area contributed by atoms with E-state index < -0.39 is 0 Å². The molecule has 0 aromatic heterocycles. The first kappa shape index (κ1) is 3.08. The molecule has 0 radical (unpaired) electrons. The molecule has 0 spiro atoms. The fourth-order valence-corrected chi connectivity index (χ4v) is 2.73. The zero-order chi connectivity index (χ0) is 4.65. The first-order valence-corrected chi connectivity index (χ1v) is 3.14. The summed E-state index contributed by atoms with van der Waals surface area (Å²) in [6.07, 6.45) is 2.90. The highest BCUT2D eigenvalue weighted by Crippen LogP contribution is 2.83. The second-order valence-corrected chi connectivity index (χ2v) is 3.32. The average Bonchev–Trinajstić information content (AvgIpc) is 2.38. The van der Waals surface area contributed by atoms with E-state index in [9.17, 15) is 0 Å². The Morgan fingerprint density at radius 2 is 1.71 bits per heavy atom. The summed E-state index contributed by atoms with van der Waals surface area (Å²) in [5.41, 5.74) is 6.33. The van der Waals surface area contributed by atoms with Gasteiger partial charge in [0.05, 0.1) is 0 Å². The van der Waals surface area contributed by atoms with E-state index in [1.807, 2.05) is 0 Å². The van der Waals surface area contributed by atoms with Crippen molar-refractivity contribution in [3.05, 3.63) is 0 Å². The molecule has 0 heterocycles. The van der Waals surface area contributed by atoms with E-state index in [0.717, 1.165) is 17.8 Å². The summed E-state index contributed by atoms with van der Waals surface area (Å²) in [6.45, 7) is 0. The Morgan fingerprint density at radius 3 is 1.86 bits per heavy atom. The van der Waals surface area contributed by atoms with Crippen LogP contribution in [0.5, 0.6) is 0 Å². The highest BCUT2D eigenvalue weighted by molar-refractivity contribution is 5.41. The van der Waals surface area contributed by atoms with Crippen LogP contribution in [0.2, 0.25) is 0 Å². The lowest BCUT2D eigenvalue weighted by atomic mass is 10.2. The average molecular weight is 95.1 g/mol. The molecule has 0 aromatic rings. The van der Waals surface area contributed by atoms with Gasteiger partial charge in [-0.3, -0.25) is 0 Å². The summed E-state index contributed by atoms with van der Waals surface area (Å²) >= 11 is 0. The molecule has 4 fully saturated rings. The Bertz CT molecular complexity index is 120. The molecule has 4 aliphatic rings. The van der Waals surface area contributed by atoms with E-state index in [0.29, 0.717) is 5.54 Å². The van der Waals surface area contributed by atoms with Crippen LogP contribution >= 0.6 is 0 Å². The minimum Gasteiger partial charge on any atom is -0.324 e. The van der Waals surface area contributed by atoms with E-state index >= 15 is 0 Å². The lowest BCUT2D eigenvalue weighted by Gasteiger charge is -1.95. The Morgan fingerprint density at radius 1 is 1.29 bits per heavy atom. The lowest BCUT2D eigenvalue weighted by molar-refractivity contribution is 0.589. The van der Waals surface area contributed by atoms with Gasteiger partial charge in [0, 0.05) is 5.54 Å². The van der Waals surface area contributed by atoms with Crippen LogP contribution in [0.4, 0.5) is 0 Å². The Balaban J connectivity index is 2.17. The molecule has 38 valence electrons. The van der Waals surface area contributed by atoms with Crippen molar-refractivity contribution in [2.24, 2.45) is 23.5 Å². The van der Waals surface area contributed by atoms with E-state index in [1.165, 1.54) is 12.8 Å². The molecule has 0 saturated heterocycles. The third kappa shape index (κ3) is 0.129. The second-order valence-electron chi connectivity index (χ2n) is 3.32. The molecule has 2 N–H and O–H groups in total. The van der Waals surface area contributed by atoms with E-state index in [-0.39, 0.29) is 0 Å². The van der Waals surface area contributed by atoms with Crippen molar-refractivity contribution in [2.75, 3.05) is 0 Å². The Hall–Kier alpha value is -0.0400. The minimum absolute atomic E-state index is 0.444. The van der Waals surface area contributed by atoms with Gasteiger partial charge in [0.15, 0.2) is 0 Å². The predicted molar refractivity (Wildman–Crippen MR) is 26.6 cm³/mol. The quantitative estimate of drug-likeness (QED) is 0.461. The number of hydrogen-bond acceptors (Lipinski definition) is 1. The molecule has 1 heteroatoms. The van der Waals surface area contributed by atoms with Crippen molar-refractivity contribution in [3.8, 4) is 0 Å². The van der Waals surface area contributed by atoms with Crippen molar-refractivity contribution >= 4 is 0 Å². The normalized spacial score (nSPS) is 81.0. The zero-order valence-electron chi connectivity index (χ0n) is 4.22. The van der Waals surface area contributed by atoms with Gasteiger partial charge in [-0.25, -0.2) is 0 Å². The highest BCUT2D eigenvalue weighted by atomic mass is 15.1. The third-order valence-electron chi connectivity index (χ3n) is 3.30. The number of rotatable bonds is 0. The van der Waals surface area contributed by atoms with Crippen LogP contribution < -0.4 is 5.73 Å². The fourth-order valence-electron chi connectivity index (χ4n) is 2.73. The maximum absolute atomic E-state index is 5.89. The minimum atomic E-state index is 0.444. The van der Waals surface area contributed by atoms with E-state index in [4.69, 9.17) is 5.73 Å². The van der Waals surface area contributed by atoms with Crippen LogP contribution in [-0.2, 0) is 0 Å². The molecule has 2 atom stereocenters. The molecule has 2 unspecified atom stereocenters. The van der Waals surface area contributed by atoms with Gasteiger partial charge in [-0.1, -0.05) is 0 Å². The van der Waals surface area contributed by atoms with Crippen LogP contribution in [0.1, 0.15) is 12.8 Å². The van der Waals surface area contributed by atoms with Crippen molar-refractivity contribution in [3.63, 3.8) is 0 Å². The second kappa shape index (κ2) is 0.510. The molecule has 7 heavy (non-hydrogen) atoms. The van der Waals surface area contributed by atoms with Gasteiger partial charge in [-0.15, -0.1) is 0 Å². The maximum atomic E-state index is 5.89. The van der Waals surface area contributed by atoms with Crippen LogP contribution in [0.25, 0.3) is 0 Å². The van der Waals surface area contributed by atoms with Crippen molar-refractivity contribution in [1.29, 1.82) is 0 Å². The molecule has 2 bridgehead atoms. The summed E-state index contributed by atoms with van der Waals surface area (Å²) in [7, 11) is 0. The highest BCUT2D eigenvalue weighted by Gasteiger charge is 2.87. The topological polar surface area (TPSA) is 26.0 Å². The largest absolute Gasteiger partial charge is 0.324 e. The molecule has 0 aliphatic heterocycles. The van der Waals surface area contributed by atoms with Gasteiger partial charge < -0.3 is 5.73 Å². The van der Waals surface area contributed by atoms with Crippen LogP contribution in [0, 0.1) is 17.8 Å².